The quantitative estimate of drug-likeness (QED) is 0.219. The highest BCUT2D eigenvalue weighted by molar-refractivity contribution is 5.94. The number of rotatable bonds is 11. The molecule has 1 aromatic rings. The van der Waals surface area contributed by atoms with E-state index < -0.39 is 59.9 Å². The minimum atomic E-state index is -1.35. The standard InChI is InChI=1S/C21H32N4O7/c1-10(2)16(24-20(30)17(12(4)26)25-18(28)11(3)22)19(29)23-15(21(31)32)9-13-5-7-14(27)8-6-13/h5-8,10-12,15-17,26-27H,9,22H2,1-4H3,(H,23,29)(H,24,30)(H,25,28)(H,31,32). The summed E-state index contributed by atoms with van der Waals surface area (Å²) < 4.78 is 0. The second-order valence-electron chi connectivity index (χ2n) is 8.02. The van der Waals surface area contributed by atoms with E-state index in [4.69, 9.17) is 5.73 Å². The summed E-state index contributed by atoms with van der Waals surface area (Å²) in [6.45, 7) is 6.02. The van der Waals surface area contributed by atoms with Crippen molar-refractivity contribution in [3.8, 4) is 5.75 Å². The van der Waals surface area contributed by atoms with E-state index in [0.717, 1.165) is 0 Å². The monoisotopic (exact) mass is 452 g/mol. The number of phenolic OH excluding ortho intramolecular Hbond substituents is 1. The molecule has 3 amide bonds. The molecule has 32 heavy (non-hydrogen) atoms. The number of amides is 3. The van der Waals surface area contributed by atoms with Crippen molar-refractivity contribution in [2.75, 3.05) is 0 Å². The van der Waals surface area contributed by atoms with E-state index in [0.29, 0.717) is 5.56 Å². The van der Waals surface area contributed by atoms with E-state index in [1.54, 1.807) is 13.8 Å². The van der Waals surface area contributed by atoms with Crippen LogP contribution in [0.2, 0.25) is 0 Å². The number of aliphatic hydroxyl groups is 1. The molecule has 11 heteroatoms. The van der Waals surface area contributed by atoms with Gasteiger partial charge in [-0.25, -0.2) is 4.79 Å². The third-order valence-corrected chi connectivity index (χ3v) is 4.71. The number of hydrogen-bond donors (Lipinski definition) is 7. The molecule has 5 atom stereocenters. The van der Waals surface area contributed by atoms with Crippen LogP contribution >= 0.6 is 0 Å². The molecule has 0 aliphatic rings. The molecule has 0 bridgehead atoms. The third-order valence-electron chi connectivity index (χ3n) is 4.71. The normalized spacial score (nSPS) is 15.7. The molecule has 178 valence electrons. The van der Waals surface area contributed by atoms with Gasteiger partial charge in [-0.05, 0) is 37.5 Å². The Balaban J connectivity index is 2.94. The van der Waals surface area contributed by atoms with Crippen LogP contribution in [0.15, 0.2) is 24.3 Å². The molecule has 5 unspecified atom stereocenters. The molecule has 0 saturated heterocycles. The van der Waals surface area contributed by atoms with Gasteiger partial charge in [0.2, 0.25) is 17.7 Å². The number of nitrogens with two attached hydrogens (primary N) is 1. The molecule has 1 aromatic carbocycles. The Bertz CT molecular complexity index is 809. The fourth-order valence-electron chi connectivity index (χ4n) is 2.80. The maximum absolute atomic E-state index is 12.8. The van der Waals surface area contributed by atoms with Gasteiger partial charge in [0.25, 0.3) is 0 Å². The van der Waals surface area contributed by atoms with Gasteiger partial charge in [0.1, 0.15) is 23.9 Å². The Morgan fingerprint density at radius 3 is 1.81 bits per heavy atom. The minimum absolute atomic E-state index is 0.0241. The van der Waals surface area contributed by atoms with Crippen LogP contribution in [-0.2, 0) is 25.6 Å². The van der Waals surface area contributed by atoms with Gasteiger partial charge in [-0.15, -0.1) is 0 Å². The zero-order valence-electron chi connectivity index (χ0n) is 18.5. The number of nitrogens with one attached hydrogen (secondary N) is 3. The molecule has 0 aliphatic carbocycles. The van der Waals surface area contributed by atoms with Crippen LogP contribution in [0.5, 0.6) is 5.75 Å². The Labute approximate surface area is 186 Å². The average Bonchev–Trinajstić information content (AvgIpc) is 2.69. The van der Waals surface area contributed by atoms with Gasteiger partial charge in [0.05, 0.1) is 12.1 Å². The van der Waals surface area contributed by atoms with Gasteiger partial charge >= 0.3 is 5.97 Å². The van der Waals surface area contributed by atoms with Crippen molar-refractivity contribution in [2.24, 2.45) is 11.7 Å². The summed E-state index contributed by atoms with van der Waals surface area (Å²) in [6, 6.07) is 1.20. The van der Waals surface area contributed by atoms with Crippen molar-refractivity contribution >= 4 is 23.7 Å². The molecule has 0 spiro atoms. The molecule has 0 saturated carbocycles. The maximum Gasteiger partial charge on any atom is 0.326 e. The molecular formula is C21H32N4O7. The van der Waals surface area contributed by atoms with Crippen LogP contribution in [0.25, 0.3) is 0 Å². The highest BCUT2D eigenvalue weighted by atomic mass is 16.4. The van der Waals surface area contributed by atoms with Crippen LogP contribution in [0.3, 0.4) is 0 Å². The van der Waals surface area contributed by atoms with Crippen LogP contribution in [0.4, 0.5) is 0 Å². The van der Waals surface area contributed by atoms with Gasteiger partial charge in [0.15, 0.2) is 0 Å². The number of aromatic hydroxyl groups is 1. The Kier molecular flexibility index (Phi) is 10.1. The van der Waals surface area contributed by atoms with Gasteiger partial charge < -0.3 is 37.0 Å². The molecule has 0 aromatic heterocycles. The van der Waals surface area contributed by atoms with Crippen molar-refractivity contribution in [3.05, 3.63) is 29.8 Å². The van der Waals surface area contributed by atoms with Crippen molar-refractivity contribution in [2.45, 2.75) is 64.4 Å². The molecule has 0 radical (unpaired) electrons. The second kappa shape index (κ2) is 12.0. The van der Waals surface area contributed by atoms with Crippen molar-refractivity contribution in [3.63, 3.8) is 0 Å². The van der Waals surface area contributed by atoms with Crippen molar-refractivity contribution in [1.29, 1.82) is 0 Å². The molecule has 8 N–H and O–H groups in total. The summed E-state index contributed by atoms with van der Waals surface area (Å²) >= 11 is 0. The highest BCUT2D eigenvalue weighted by Gasteiger charge is 2.33. The summed E-state index contributed by atoms with van der Waals surface area (Å²) in [5.74, 6) is -3.88. The lowest BCUT2D eigenvalue weighted by molar-refractivity contribution is -0.142. The summed E-state index contributed by atoms with van der Waals surface area (Å²) in [5.41, 5.74) is 6.06. The number of aliphatic hydroxyl groups excluding tert-OH is 1. The number of carbonyl (C=O) groups is 4. The van der Waals surface area contributed by atoms with Gasteiger partial charge in [-0.2, -0.15) is 0 Å². The zero-order chi connectivity index (χ0) is 24.6. The smallest absolute Gasteiger partial charge is 0.326 e. The number of carboxylic acid groups (broad SMARTS) is 1. The summed E-state index contributed by atoms with van der Waals surface area (Å²) in [7, 11) is 0. The summed E-state index contributed by atoms with van der Waals surface area (Å²) in [4.78, 5) is 49.0. The predicted octanol–water partition coefficient (Wildman–Crippen LogP) is -1.14. The van der Waals surface area contributed by atoms with Crippen LogP contribution in [-0.4, -0.2) is 69.3 Å². The van der Waals surface area contributed by atoms with Crippen molar-refractivity contribution in [1.82, 2.24) is 16.0 Å². The van der Waals surface area contributed by atoms with E-state index in [-0.39, 0.29) is 12.2 Å². The molecular weight excluding hydrogens is 420 g/mol. The van der Waals surface area contributed by atoms with Crippen LogP contribution in [0.1, 0.15) is 33.3 Å². The lowest BCUT2D eigenvalue weighted by Gasteiger charge is -2.28. The Morgan fingerprint density at radius 2 is 1.38 bits per heavy atom. The maximum atomic E-state index is 12.8. The second-order valence-corrected chi connectivity index (χ2v) is 8.02. The largest absolute Gasteiger partial charge is 0.508 e. The van der Waals surface area contributed by atoms with Gasteiger partial charge in [-0.3, -0.25) is 14.4 Å². The van der Waals surface area contributed by atoms with E-state index in [1.807, 2.05) is 0 Å². The number of carboxylic acids is 1. The van der Waals surface area contributed by atoms with E-state index >= 15 is 0 Å². The van der Waals surface area contributed by atoms with Gasteiger partial charge in [-0.1, -0.05) is 26.0 Å². The third kappa shape index (κ3) is 8.16. The van der Waals surface area contributed by atoms with Crippen LogP contribution in [0, 0.1) is 5.92 Å². The minimum Gasteiger partial charge on any atom is -0.508 e. The molecule has 0 aliphatic heterocycles. The predicted molar refractivity (Wildman–Crippen MR) is 115 cm³/mol. The fourth-order valence-corrected chi connectivity index (χ4v) is 2.80. The van der Waals surface area contributed by atoms with E-state index in [1.165, 1.54) is 38.1 Å². The molecule has 0 heterocycles. The lowest BCUT2D eigenvalue weighted by Crippen LogP contribution is -2.60. The zero-order valence-corrected chi connectivity index (χ0v) is 18.5. The number of hydrogen-bond acceptors (Lipinski definition) is 7. The Hall–Kier alpha value is -3.18. The first-order valence-electron chi connectivity index (χ1n) is 10.2. The SMILES string of the molecule is CC(N)C(=O)NC(C(=O)NC(C(=O)NC(Cc1ccc(O)cc1)C(=O)O)C(C)C)C(C)O. The molecule has 11 nitrogen and oxygen atoms in total. The highest BCUT2D eigenvalue weighted by Crippen LogP contribution is 2.12. The number of carbonyl (C=O) groups excluding carboxylic acids is 3. The average molecular weight is 453 g/mol. The first kappa shape index (κ1) is 26.9. The van der Waals surface area contributed by atoms with Crippen LogP contribution < -0.4 is 21.7 Å². The lowest BCUT2D eigenvalue weighted by atomic mass is 10.0. The Morgan fingerprint density at radius 1 is 0.875 bits per heavy atom. The van der Waals surface area contributed by atoms with E-state index in [9.17, 15) is 34.5 Å². The van der Waals surface area contributed by atoms with E-state index in [2.05, 4.69) is 16.0 Å². The molecule has 1 rings (SSSR count). The number of benzene rings is 1. The van der Waals surface area contributed by atoms with Crippen molar-refractivity contribution < 1.29 is 34.5 Å². The first-order chi connectivity index (χ1) is 14.8. The topological polar surface area (TPSA) is 191 Å². The number of phenols is 1. The fraction of sp³-hybridized carbons (Fsp3) is 0.524. The number of aliphatic carboxylic acids is 1. The van der Waals surface area contributed by atoms with Gasteiger partial charge in [0, 0.05) is 6.42 Å². The summed E-state index contributed by atoms with van der Waals surface area (Å²) in [6.07, 6.45) is -1.31. The summed E-state index contributed by atoms with van der Waals surface area (Å²) in [5, 5.41) is 36.0. The molecule has 0 fully saturated rings. The first-order valence-corrected chi connectivity index (χ1v) is 10.2.